The van der Waals surface area contributed by atoms with Crippen LogP contribution in [0.4, 0.5) is 5.82 Å². The molecule has 154 valence electrons. The molecule has 29 heavy (non-hydrogen) atoms. The number of carbonyl (C=O) groups is 1. The lowest BCUT2D eigenvalue weighted by molar-refractivity contribution is -0.0413. The number of nitrogens with zero attached hydrogens (tertiary/aromatic N) is 2. The van der Waals surface area contributed by atoms with Crippen LogP contribution in [0.25, 0.3) is 0 Å². The molecule has 0 aliphatic heterocycles. The summed E-state index contributed by atoms with van der Waals surface area (Å²) in [6.45, 7) is 1.81. The van der Waals surface area contributed by atoms with Gasteiger partial charge in [-0.3, -0.25) is 4.79 Å². The minimum Gasteiger partial charge on any atom is -0.390 e. The summed E-state index contributed by atoms with van der Waals surface area (Å²) in [5.74, 6) is -0.306. The Morgan fingerprint density at radius 3 is 2.55 bits per heavy atom. The smallest absolute Gasteiger partial charge is 0.256 e. The zero-order valence-electron chi connectivity index (χ0n) is 15.9. The first kappa shape index (κ1) is 20.3. The standard InChI is InChI=1S/C20H22ClN3O4S/c1-20(26)13-5-6-14(20)11-15(10-13)29(27,28)17-9-12(4-7-16(17)21)19(25)23-18-3-2-8-22-24-18/h2-4,7-9,13-15,26H,5-6,10-11H2,1H3,(H,23,24,25)/t13-,14?,15?,20?/m0/s1. The average molecular weight is 436 g/mol. The number of aliphatic hydroxyl groups is 1. The maximum atomic E-state index is 13.4. The number of aromatic nitrogens is 2. The number of hydrogen-bond acceptors (Lipinski definition) is 6. The highest BCUT2D eigenvalue weighted by Crippen LogP contribution is 2.51. The van der Waals surface area contributed by atoms with Crippen molar-refractivity contribution >= 4 is 33.2 Å². The van der Waals surface area contributed by atoms with Gasteiger partial charge in [-0.25, -0.2) is 8.42 Å². The third-order valence-corrected chi connectivity index (χ3v) is 9.02. The van der Waals surface area contributed by atoms with Crippen LogP contribution in [0.1, 0.15) is 43.0 Å². The van der Waals surface area contributed by atoms with Gasteiger partial charge in [-0.15, -0.1) is 5.10 Å². The minimum absolute atomic E-state index is 0.0389. The number of amides is 1. The number of hydrogen-bond donors (Lipinski definition) is 2. The van der Waals surface area contributed by atoms with Gasteiger partial charge in [0.1, 0.15) is 0 Å². The normalized spacial score (nSPS) is 28.9. The summed E-state index contributed by atoms with van der Waals surface area (Å²) in [5.41, 5.74) is -0.640. The first-order chi connectivity index (χ1) is 13.7. The Kier molecular flexibility index (Phi) is 5.13. The topological polar surface area (TPSA) is 109 Å². The molecule has 2 fully saturated rings. The quantitative estimate of drug-likeness (QED) is 0.763. The Bertz CT molecular complexity index is 1030. The molecule has 2 saturated carbocycles. The van der Waals surface area contributed by atoms with E-state index in [1.165, 1.54) is 24.4 Å². The predicted molar refractivity (Wildman–Crippen MR) is 108 cm³/mol. The molecule has 2 aromatic rings. The van der Waals surface area contributed by atoms with Crippen molar-refractivity contribution in [3.63, 3.8) is 0 Å². The highest BCUT2D eigenvalue weighted by atomic mass is 35.5. The molecular formula is C20H22ClN3O4S. The summed E-state index contributed by atoms with van der Waals surface area (Å²) in [4.78, 5) is 12.5. The largest absolute Gasteiger partial charge is 0.390 e. The van der Waals surface area contributed by atoms with E-state index >= 15 is 0 Å². The molecule has 4 rings (SSSR count). The van der Waals surface area contributed by atoms with Crippen molar-refractivity contribution in [3.05, 3.63) is 47.1 Å². The fourth-order valence-electron chi connectivity index (χ4n) is 4.62. The van der Waals surface area contributed by atoms with Crippen molar-refractivity contribution in [2.24, 2.45) is 11.8 Å². The van der Waals surface area contributed by atoms with E-state index in [1.807, 2.05) is 6.92 Å². The number of carbonyl (C=O) groups excluding carboxylic acids is 1. The van der Waals surface area contributed by atoms with E-state index in [1.54, 1.807) is 12.1 Å². The average Bonchev–Trinajstić information content (AvgIpc) is 2.86. The lowest BCUT2D eigenvalue weighted by Gasteiger charge is -2.40. The molecule has 0 saturated heterocycles. The second kappa shape index (κ2) is 7.34. The van der Waals surface area contributed by atoms with E-state index in [-0.39, 0.29) is 33.1 Å². The third-order valence-electron chi connectivity index (χ3n) is 6.36. The number of nitrogens with one attached hydrogen (secondary N) is 1. The summed E-state index contributed by atoms with van der Waals surface area (Å²) < 4.78 is 26.7. The van der Waals surface area contributed by atoms with Gasteiger partial charge in [0, 0.05) is 11.8 Å². The van der Waals surface area contributed by atoms with Crippen molar-refractivity contribution in [2.45, 2.75) is 48.4 Å². The van der Waals surface area contributed by atoms with Crippen LogP contribution >= 0.6 is 11.6 Å². The van der Waals surface area contributed by atoms with E-state index in [9.17, 15) is 18.3 Å². The summed E-state index contributed by atoms with van der Waals surface area (Å²) in [6.07, 6.45) is 3.95. The van der Waals surface area contributed by atoms with E-state index in [2.05, 4.69) is 15.5 Å². The highest BCUT2D eigenvalue weighted by Gasteiger charge is 2.53. The molecule has 7 nitrogen and oxygen atoms in total. The number of rotatable bonds is 4. The summed E-state index contributed by atoms with van der Waals surface area (Å²) >= 11 is 6.23. The Morgan fingerprint density at radius 1 is 1.24 bits per heavy atom. The van der Waals surface area contributed by atoms with Crippen molar-refractivity contribution in [1.82, 2.24) is 10.2 Å². The molecule has 9 heteroatoms. The summed E-state index contributed by atoms with van der Waals surface area (Å²) in [6, 6.07) is 7.43. The van der Waals surface area contributed by atoms with Gasteiger partial charge >= 0.3 is 0 Å². The fourth-order valence-corrected chi connectivity index (χ4v) is 7.02. The molecule has 0 spiro atoms. The first-order valence-corrected chi connectivity index (χ1v) is 11.5. The Balaban J connectivity index is 1.61. The number of anilines is 1. The van der Waals surface area contributed by atoms with Crippen LogP contribution in [-0.4, -0.2) is 40.5 Å². The molecule has 3 unspecified atom stereocenters. The minimum atomic E-state index is -3.75. The lowest BCUT2D eigenvalue weighted by atomic mass is 9.76. The van der Waals surface area contributed by atoms with Crippen molar-refractivity contribution in [3.8, 4) is 0 Å². The molecule has 1 heterocycles. The Hall–Kier alpha value is -2.03. The van der Waals surface area contributed by atoms with Crippen LogP contribution in [0, 0.1) is 11.8 Å². The van der Waals surface area contributed by atoms with Crippen LogP contribution in [0.5, 0.6) is 0 Å². The maximum absolute atomic E-state index is 13.4. The van der Waals surface area contributed by atoms with Gasteiger partial charge in [-0.1, -0.05) is 11.6 Å². The van der Waals surface area contributed by atoms with E-state index in [0.717, 1.165) is 12.8 Å². The summed E-state index contributed by atoms with van der Waals surface area (Å²) in [5, 5.41) is 20.2. The van der Waals surface area contributed by atoms with Gasteiger partial charge in [-0.2, -0.15) is 5.10 Å². The van der Waals surface area contributed by atoms with Crippen LogP contribution in [0.3, 0.4) is 0 Å². The van der Waals surface area contributed by atoms with Crippen molar-refractivity contribution < 1.29 is 18.3 Å². The van der Waals surface area contributed by atoms with E-state index in [0.29, 0.717) is 12.8 Å². The number of halogens is 1. The van der Waals surface area contributed by atoms with Crippen LogP contribution in [0.2, 0.25) is 5.02 Å². The number of benzene rings is 1. The second-order valence-electron chi connectivity index (χ2n) is 8.04. The molecule has 4 atom stereocenters. The third kappa shape index (κ3) is 3.65. The monoisotopic (exact) mass is 435 g/mol. The zero-order valence-corrected chi connectivity index (χ0v) is 17.4. The SMILES string of the molecule is CC1(O)C2CC[C@H]1CC(S(=O)(=O)c1cc(C(=O)Nc3cccnn3)ccc1Cl)C2. The number of sulfone groups is 1. The fraction of sp³-hybridized carbons (Fsp3) is 0.450. The number of fused-ring (bicyclic) bond motifs is 2. The maximum Gasteiger partial charge on any atom is 0.256 e. The van der Waals surface area contributed by atoms with Gasteiger partial charge < -0.3 is 10.4 Å². The first-order valence-electron chi connectivity index (χ1n) is 9.54. The van der Waals surface area contributed by atoms with Crippen molar-refractivity contribution in [2.75, 3.05) is 5.32 Å². The Morgan fingerprint density at radius 2 is 1.93 bits per heavy atom. The molecule has 2 N–H and O–H groups in total. The van der Waals surface area contributed by atoms with Crippen LogP contribution in [0.15, 0.2) is 41.4 Å². The van der Waals surface area contributed by atoms with Gasteiger partial charge in [0.25, 0.3) is 5.91 Å². The molecule has 1 aromatic heterocycles. The Labute approximate surface area is 174 Å². The van der Waals surface area contributed by atoms with Gasteiger partial charge in [0.05, 0.1) is 20.8 Å². The van der Waals surface area contributed by atoms with Gasteiger partial charge in [0.2, 0.25) is 0 Å². The molecule has 0 radical (unpaired) electrons. The molecular weight excluding hydrogens is 414 g/mol. The van der Waals surface area contributed by atoms with Crippen molar-refractivity contribution in [1.29, 1.82) is 0 Å². The molecule has 1 amide bonds. The molecule has 2 aliphatic carbocycles. The summed E-state index contributed by atoms with van der Waals surface area (Å²) in [7, 11) is -3.75. The van der Waals surface area contributed by atoms with Crippen LogP contribution < -0.4 is 5.32 Å². The lowest BCUT2D eigenvalue weighted by Crippen LogP contribution is -2.45. The molecule has 2 aliphatic rings. The van der Waals surface area contributed by atoms with E-state index < -0.39 is 26.6 Å². The van der Waals surface area contributed by atoms with Crippen LogP contribution in [-0.2, 0) is 9.84 Å². The molecule has 2 bridgehead atoms. The zero-order chi connectivity index (χ0) is 20.8. The predicted octanol–water partition coefficient (Wildman–Crippen LogP) is 3.10. The molecule has 1 aromatic carbocycles. The second-order valence-corrected chi connectivity index (χ2v) is 10.6. The highest BCUT2D eigenvalue weighted by molar-refractivity contribution is 7.92. The van der Waals surface area contributed by atoms with Gasteiger partial charge in [0.15, 0.2) is 15.7 Å². The van der Waals surface area contributed by atoms with E-state index in [4.69, 9.17) is 11.6 Å². The van der Waals surface area contributed by atoms with Gasteiger partial charge in [-0.05, 0) is 74.8 Å².